The van der Waals surface area contributed by atoms with Crippen LogP contribution in [0.15, 0.2) is 12.4 Å². The lowest BCUT2D eigenvalue weighted by Crippen LogP contribution is -2.48. The molecule has 0 saturated heterocycles. The van der Waals surface area contributed by atoms with Crippen molar-refractivity contribution in [2.75, 3.05) is 11.9 Å². The number of nitrogens with one attached hydrogen (secondary N) is 1. The SMILES string of the molecule is Cc1nc(NCC2(C(F)(F)F)CCC2)cc2nncn12. The van der Waals surface area contributed by atoms with E-state index in [4.69, 9.17) is 0 Å². The molecule has 8 heteroatoms. The molecule has 5 nitrogen and oxygen atoms in total. The minimum absolute atomic E-state index is 0.146. The van der Waals surface area contributed by atoms with Crippen molar-refractivity contribution in [3.05, 3.63) is 18.2 Å². The van der Waals surface area contributed by atoms with Crippen LogP contribution in [0, 0.1) is 12.3 Å². The van der Waals surface area contributed by atoms with E-state index in [9.17, 15) is 13.2 Å². The molecule has 2 aromatic heterocycles. The van der Waals surface area contributed by atoms with Gasteiger partial charge in [0, 0.05) is 12.6 Å². The Kier molecular flexibility index (Phi) is 2.84. The number of anilines is 1. The molecule has 108 valence electrons. The Morgan fingerprint density at radius 3 is 2.75 bits per heavy atom. The molecule has 2 aromatic rings. The molecule has 1 fully saturated rings. The molecule has 0 aromatic carbocycles. The van der Waals surface area contributed by atoms with Crippen LogP contribution in [-0.2, 0) is 0 Å². The summed E-state index contributed by atoms with van der Waals surface area (Å²) in [5, 5.41) is 10.4. The van der Waals surface area contributed by atoms with Crippen LogP contribution in [0.5, 0.6) is 0 Å². The van der Waals surface area contributed by atoms with E-state index in [2.05, 4.69) is 20.5 Å². The molecule has 0 atom stereocenters. The van der Waals surface area contributed by atoms with Crippen LogP contribution in [-0.4, -0.2) is 32.3 Å². The number of hydrogen-bond donors (Lipinski definition) is 1. The first-order valence-electron chi connectivity index (χ1n) is 6.39. The summed E-state index contributed by atoms with van der Waals surface area (Å²) < 4.78 is 40.8. The van der Waals surface area contributed by atoms with E-state index in [1.54, 1.807) is 17.4 Å². The van der Waals surface area contributed by atoms with Gasteiger partial charge >= 0.3 is 6.18 Å². The Hall–Kier alpha value is -1.86. The van der Waals surface area contributed by atoms with Crippen molar-refractivity contribution in [1.82, 2.24) is 19.6 Å². The second-order valence-corrected chi connectivity index (χ2v) is 5.23. The maximum atomic E-state index is 13.1. The van der Waals surface area contributed by atoms with E-state index in [0.29, 0.717) is 23.7 Å². The largest absolute Gasteiger partial charge is 0.396 e. The fraction of sp³-hybridized carbons (Fsp3) is 0.583. The van der Waals surface area contributed by atoms with Crippen LogP contribution >= 0.6 is 0 Å². The van der Waals surface area contributed by atoms with Gasteiger partial charge in [0.1, 0.15) is 18.0 Å². The van der Waals surface area contributed by atoms with Gasteiger partial charge in [-0.2, -0.15) is 13.2 Å². The van der Waals surface area contributed by atoms with Crippen molar-refractivity contribution >= 4 is 11.5 Å². The van der Waals surface area contributed by atoms with Gasteiger partial charge in [0.05, 0.1) is 5.41 Å². The van der Waals surface area contributed by atoms with Gasteiger partial charge in [-0.05, 0) is 19.8 Å². The van der Waals surface area contributed by atoms with Crippen LogP contribution in [0.1, 0.15) is 25.1 Å². The first-order chi connectivity index (χ1) is 9.41. The fourth-order valence-corrected chi connectivity index (χ4v) is 2.49. The maximum Gasteiger partial charge on any atom is 0.396 e. The highest BCUT2D eigenvalue weighted by Crippen LogP contribution is 2.52. The van der Waals surface area contributed by atoms with Crippen molar-refractivity contribution < 1.29 is 13.2 Å². The van der Waals surface area contributed by atoms with E-state index in [1.165, 1.54) is 6.33 Å². The molecule has 0 amide bonds. The van der Waals surface area contributed by atoms with Gasteiger partial charge in [0.15, 0.2) is 5.65 Å². The lowest BCUT2D eigenvalue weighted by atomic mass is 9.68. The van der Waals surface area contributed by atoms with Crippen molar-refractivity contribution in [2.45, 2.75) is 32.4 Å². The highest BCUT2D eigenvalue weighted by Gasteiger charge is 2.57. The molecule has 0 unspecified atom stereocenters. The van der Waals surface area contributed by atoms with Gasteiger partial charge in [-0.25, -0.2) is 4.98 Å². The smallest absolute Gasteiger partial charge is 0.369 e. The molecule has 0 bridgehead atoms. The third kappa shape index (κ3) is 1.99. The Bertz CT molecular complexity index is 630. The zero-order valence-electron chi connectivity index (χ0n) is 10.9. The van der Waals surface area contributed by atoms with Gasteiger partial charge in [-0.1, -0.05) is 6.42 Å². The molecular weight excluding hydrogens is 271 g/mol. The summed E-state index contributed by atoms with van der Waals surface area (Å²) in [5.74, 6) is 1.03. The zero-order chi connectivity index (χ0) is 14.4. The molecule has 1 aliphatic rings. The van der Waals surface area contributed by atoms with Crippen LogP contribution in [0.3, 0.4) is 0 Å². The molecule has 2 heterocycles. The summed E-state index contributed by atoms with van der Waals surface area (Å²) in [5.41, 5.74) is -1.04. The second-order valence-electron chi connectivity index (χ2n) is 5.23. The maximum absolute atomic E-state index is 13.1. The van der Waals surface area contributed by atoms with Crippen molar-refractivity contribution in [3.63, 3.8) is 0 Å². The minimum Gasteiger partial charge on any atom is -0.369 e. The molecule has 0 aliphatic heterocycles. The number of alkyl halides is 3. The number of nitrogens with zero attached hydrogens (tertiary/aromatic N) is 4. The fourth-order valence-electron chi connectivity index (χ4n) is 2.49. The van der Waals surface area contributed by atoms with E-state index in [1.807, 2.05) is 0 Å². The second kappa shape index (κ2) is 4.32. The lowest BCUT2D eigenvalue weighted by Gasteiger charge is -2.43. The normalized spacial score (nSPS) is 18.0. The molecule has 1 saturated carbocycles. The van der Waals surface area contributed by atoms with E-state index < -0.39 is 11.6 Å². The van der Waals surface area contributed by atoms with Gasteiger partial charge in [0.2, 0.25) is 0 Å². The number of aromatic nitrogens is 4. The summed E-state index contributed by atoms with van der Waals surface area (Å²) in [7, 11) is 0. The van der Waals surface area contributed by atoms with Gasteiger partial charge in [-0.3, -0.25) is 4.40 Å². The van der Waals surface area contributed by atoms with Crippen LogP contribution in [0.4, 0.5) is 19.0 Å². The van der Waals surface area contributed by atoms with Crippen molar-refractivity contribution in [2.24, 2.45) is 5.41 Å². The number of fused-ring (bicyclic) bond motifs is 1. The van der Waals surface area contributed by atoms with Crippen LogP contribution in [0.25, 0.3) is 5.65 Å². The summed E-state index contributed by atoms with van der Waals surface area (Å²) in [4.78, 5) is 4.22. The molecule has 0 spiro atoms. The predicted octanol–water partition coefficient (Wildman–Crippen LogP) is 2.58. The number of halogens is 3. The highest BCUT2D eigenvalue weighted by atomic mass is 19.4. The van der Waals surface area contributed by atoms with Crippen LogP contribution < -0.4 is 5.32 Å². The number of aryl methyl sites for hydroxylation is 1. The average molecular weight is 285 g/mol. The topological polar surface area (TPSA) is 55.1 Å². The van der Waals surface area contributed by atoms with Gasteiger partial charge in [-0.15, -0.1) is 10.2 Å². The van der Waals surface area contributed by atoms with Crippen molar-refractivity contribution in [3.8, 4) is 0 Å². The first kappa shape index (κ1) is 13.1. The molecule has 3 rings (SSSR count). The predicted molar refractivity (Wildman–Crippen MR) is 66.3 cm³/mol. The number of hydrogen-bond acceptors (Lipinski definition) is 4. The highest BCUT2D eigenvalue weighted by molar-refractivity contribution is 5.49. The zero-order valence-corrected chi connectivity index (χ0v) is 10.9. The summed E-state index contributed by atoms with van der Waals surface area (Å²) in [6.07, 6.45) is -1.68. The Labute approximate surface area is 113 Å². The molecular formula is C12H14F3N5. The standard InChI is InChI=1S/C12H14F3N5/c1-8-18-9(5-10-19-17-7-20(8)10)16-6-11(3-2-4-11)12(13,14)15/h5,7,16H,2-4,6H2,1H3. The Morgan fingerprint density at radius 1 is 1.40 bits per heavy atom. The van der Waals surface area contributed by atoms with Crippen LogP contribution in [0.2, 0.25) is 0 Å². The lowest BCUT2D eigenvalue weighted by molar-refractivity contribution is -0.244. The number of rotatable bonds is 3. The van der Waals surface area contributed by atoms with E-state index >= 15 is 0 Å². The van der Waals surface area contributed by atoms with E-state index in [-0.39, 0.29) is 19.4 Å². The monoisotopic (exact) mass is 285 g/mol. The minimum atomic E-state index is -4.17. The summed E-state index contributed by atoms with van der Waals surface area (Å²) in [6, 6.07) is 1.60. The quantitative estimate of drug-likeness (QED) is 0.941. The summed E-state index contributed by atoms with van der Waals surface area (Å²) in [6.45, 7) is 1.61. The molecule has 20 heavy (non-hydrogen) atoms. The molecule has 1 N–H and O–H groups in total. The third-order valence-electron chi connectivity index (χ3n) is 3.99. The molecule has 0 radical (unpaired) electrons. The average Bonchev–Trinajstić information content (AvgIpc) is 2.74. The Morgan fingerprint density at radius 2 is 2.15 bits per heavy atom. The van der Waals surface area contributed by atoms with Gasteiger partial charge in [0.25, 0.3) is 0 Å². The van der Waals surface area contributed by atoms with Gasteiger partial charge < -0.3 is 5.32 Å². The van der Waals surface area contributed by atoms with E-state index in [0.717, 1.165) is 0 Å². The third-order valence-corrected chi connectivity index (χ3v) is 3.99. The first-order valence-corrected chi connectivity index (χ1v) is 6.39. The van der Waals surface area contributed by atoms with Crippen molar-refractivity contribution in [1.29, 1.82) is 0 Å². The molecule has 1 aliphatic carbocycles. The summed E-state index contributed by atoms with van der Waals surface area (Å²) >= 11 is 0. The Balaban J connectivity index is 1.80.